The van der Waals surface area contributed by atoms with Gasteiger partial charge in [-0.3, -0.25) is 9.69 Å². The van der Waals surface area contributed by atoms with Crippen LogP contribution in [-0.4, -0.2) is 53.7 Å². The number of rotatable bonds is 6. The number of imidazole rings is 1. The van der Waals surface area contributed by atoms with Crippen LogP contribution >= 0.6 is 0 Å². The summed E-state index contributed by atoms with van der Waals surface area (Å²) in [6.45, 7) is 4.22. The maximum absolute atomic E-state index is 12.6. The van der Waals surface area contributed by atoms with Crippen LogP contribution in [-0.2, 0) is 23.1 Å². The molecule has 6 heteroatoms. The maximum atomic E-state index is 12.6. The molecular weight excluding hydrogens is 292 g/mol. The van der Waals surface area contributed by atoms with E-state index >= 15 is 0 Å². The average molecular weight is 320 g/mol. The van der Waals surface area contributed by atoms with Crippen molar-refractivity contribution in [2.75, 3.05) is 33.4 Å². The monoisotopic (exact) mass is 320 g/mol. The van der Waals surface area contributed by atoms with Crippen molar-refractivity contribution in [3.05, 3.63) is 18.2 Å². The number of aromatic nitrogens is 2. The van der Waals surface area contributed by atoms with Crippen LogP contribution in [0, 0.1) is 11.3 Å². The Labute approximate surface area is 138 Å². The van der Waals surface area contributed by atoms with E-state index < -0.39 is 0 Å². The van der Waals surface area contributed by atoms with E-state index in [0.717, 1.165) is 32.5 Å². The molecular formula is C17H28N4O2. The highest BCUT2D eigenvalue weighted by Crippen LogP contribution is 2.50. The van der Waals surface area contributed by atoms with Crippen molar-refractivity contribution in [3.63, 3.8) is 0 Å². The second-order valence-corrected chi connectivity index (χ2v) is 7.05. The second-order valence-electron chi connectivity index (χ2n) is 7.05. The zero-order chi connectivity index (χ0) is 16.3. The Morgan fingerprint density at radius 2 is 2.39 bits per heavy atom. The van der Waals surface area contributed by atoms with Crippen LogP contribution in [0.5, 0.6) is 0 Å². The largest absolute Gasteiger partial charge is 0.383 e. The van der Waals surface area contributed by atoms with Gasteiger partial charge in [0.05, 0.1) is 18.6 Å². The highest BCUT2D eigenvalue weighted by atomic mass is 16.5. The molecule has 2 fully saturated rings. The molecule has 0 bridgehead atoms. The summed E-state index contributed by atoms with van der Waals surface area (Å²) in [5, 5.41) is 3.05. The van der Waals surface area contributed by atoms with Gasteiger partial charge in [-0.1, -0.05) is 6.42 Å². The van der Waals surface area contributed by atoms with Crippen molar-refractivity contribution in [1.82, 2.24) is 19.8 Å². The zero-order valence-electron chi connectivity index (χ0n) is 14.3. The summed E-state index contributed by atoms with van der Waals surface area (Å²) in [5.41, 5.74) is 1.41. The normalized spacial score (nSPS) is 27.8. The standard InChI is InChI=1S/C17H28N4O2/c1-20-13-18-10-14(20)11-21-8-6-17(12-21)5-3-4-15(17)16(22)19-7-9-23-2/h10,13,15H,3-9,11-12H2,1-2H3,(H,19,22)/t15-,17+/m0/s1. The lowest BCUT2D eigenvalue weighted by Gasteiger charge is -2.30. The molecule has 2 aliphatic rings. The van der Waals surface area contributed by atoms with Gasteiger partial charge in [-0.2, -0.15) is 0 Å². The molecule has 128 valence electrons. The van der Waals surface area contributed by atoms with Gasteiger partial charge < -0.3 is 14.6 Å². The number of nitrogens with one attached hydrogen (secondary N) is 1. The van der Waals surface area contributed by atoms with Crippen LogP contribution in [0.25, 0.3) is 0 Å². The van der Waals surface area contributed by atoms with Crippen molar-refractivity contribution >= 4 is 5.91 Å². The summed E-state index contributed by atoms with van der Waals surface area (Å²) < 4.78 is 7.11. The fraction of sp³-hybridized carbons (Fsp3) is 0.765. The van der Waals surface area contributed by atoms with Gasteiger partial charge in [-0.15, -0.1) is 0 Å². The summed E-state index contributed by atoms with van der Waals surface area (Å²) in [6, 6.07) is 0. The van der Waals surface area contributed by atoms with Crippen LogP contribution in [0.2, 0.25) is 0 Å². The molecule has 2 atom stereocenters. The summed E-state index contributed by atoms with van der Waals surface area (Å²) in [6.07, 6.45) is 8.29. The molecule has 0 radical (unpaired) electrons. The van der Waals surface area contributed by atoms with Crippen molar-refractivity contribution in [2.45, 2.75) is 32.2 Å². The Morgan fingerprint density at radius 3 is 3.13 bits per heavy atom. The van der Waals surface area contributed by atoms with E-state index in [1.165, 1.54) is 18.5 Å². The summed E-state index contributed by atoms with van der Waals surface area (Å²) in [7, 11) is 3.70. The number of amides is 1. The van der Waals surface area contributed by atoms with E-state index in [1.807, 2.05) is 19.6 Å². The molecule has 1 aliphatic carbocycles. The summed E-state index contributed by atoms with van der Waals surface area (Å²) >= 11 is 0. The third-order valence-electron chi connectivity index (χ3n) is 5.60. The summed E-state index contributed by atoms with van der Waals surface area (Å²) in [5.74, 6) is 0.387. The number of aryl methyl sites for hydroxylation is 1. The quantitative estimate of drug-likeness (QED) is 0.800. The fourth-order valence-electron chi connectivity index (χ4n) is 4.32. The van der Waals surface area contributed by atoms with E-state index in [4.69, 9.17) is 4.74 Å². The number of likely N-dealkylation sites (tertiary alicyclic amines) is 1. The van der Waals surface area contributed by atoms with Gasteiger partial charge in [-0.05, 0) is 31.2 Å². The van der Waals surface area contributed by atoms with E-state index in [0.29, 0.717) is 13.2 Å². The molecule has 23 heavy (non-hydrogen) atoms. The van der Waals surface area contributed by atoms with Gasteiger partial charge in [0.25, 0.3) is 0 Å². The van der Waals surface area contributed by atoms with Crippen LogP contribution in [0.4, 0.5) is 0 Å². The van der Waals surface area contributed by atoms with E-state index in [-0.39, 0.29) is 17.2 Å². The molecule has 1 amide bonds. The van der Waals surface area contributed by atoms with Crippen LogP contribution in [0.15, 0.2) is 12.5 Å². The minimum absolute atomic E-state index is 0.163. The van der Waals surface area contributed by atoms with E-state index in [2.05, 4.69) is 19.8 Å². The van der Waals surface area contributed by atoms with Crippen molar-refractivity contribution < 1.29 is 9.53 Å². The second kappa shape index (κ2) is 7.01. The molecule has 0 unspecified atom stereocenters. The number of hydrogen-bond donors (Lipinski definition) is 1. The number of ether oxygens (including phenoxy) is 1. The first-order chi connectivity index (χ1) is 11.1. The predicted octanol–water partition coefficient (Wildman–Crippen LogP) is 1.17. The molecule has 1 saturated carbocycles. The number of nitrogens with zero attached hydrogens (tertiary/aromatic N) is 3. The van der Waals surface area contributed by atoms with Crippen LogP contribution < -0.4 is 5.32 Å². The van der Waals surface area contributed by atoms with E-state index in [9.17, 15) is 4.79 Å². The van der Waals surface area contributed by atoms with Crippen molar-refractivity contribution in [2.24, 2.45) is 18.4 Å². The van der Waals surface area contributed by atoms with Crippen molar-refractivity contribution in [3.8, 4) is 0 Å². The van der Waals surface area contributed by atoms with E-state index in [1.54, 1.807) is 7.11 Å². The molecule has 1 N–H and O–H groups in total. The first kappa shape index (κ1) is 16.5. The molecule has 3 rings (SSSR count). The maximum Gasteiger partial charge on any atom is 0.223 e. The van der Waals surface area contributed by atoms with Crippen LogP contribution in [0.1, 0.15) is 31.4 Å². The Balaban J connectivity index is 1.60. The number of carbonyl (C=O) groups excluding carboxylic acids is 1. The Hall–Kier alpha value is -1.40. The molecule has 1 saturated heterocycles. The minimum Gasteiger partial charge on any atom is -0.383 e. The molecule has 0 aromatic carbocycles. The molecule has 6 nitrogen and oxygen atoms in total. The third kappa shape index (κ3) is 3.43. The summed E-state index contributed by atoms with van der Waals surface area (Å²) in [4.78, 5) is 19.2. The number of carbonyl (C=O) groups is 1. The fourth-order valence-corrected chi connectivity index (χ4v) is 4.32. The third-order valence-corrected chi connectivity index (χ3v) is 5.60. The number of methoxy groups -OCH3 is 1. The Morgan fingerprint density at radius 1 is 1.52 bits per heavy atom. The van der Waals surface area contributed by atoms with Gasteiger partial charge in [0.1, 0.15) is 0 Å². The highest BCUT2D eigenvalue weighted by Gasteiger charge is 2.50. The Kier molecular flexibility index (Phi) is 5.02. The number of hydrogen-bond acceptors (Lipinski definition) is 4. The van der Waals surface area contributed by atoms with Crippen LogP contribution in [0.3, 0.4) is 0 Å². The zero-order valence-corrected chi connectivity index (χ0v) is 14.3. The minimum atomic E-state index is 0.163. The molecule has 2 heterocycles. The highest BCUT2D eigenvalue weighted by molar-refractivity contribution is 5.80. The smallest absolute Gasteiger partial charge is 0.223 e. The first-order valence-corrected chi connectivity index (χ1v) is 8.59. The van der Waals surface area contributed by atoms with Gasteiger partial charge in [0, 0.05) is 45.9 Å². The molecule has 1 spiro atoms. The molecule has 1 aromatic rings. The topological polar surface area (TPSA) is 59.4 Å². The predicted molar refractivity (Wildman–Crippen MR) is 87.8 cm³/mol. The van der Waals surface area contributed by atoms with Gasteiger partial charge >= 0.3 is 0 Å². The van der Waals surface area contributed by atoms with Gasteiger partial charge in [0.15, 0.2) is 0 Å². The lowest BCUT2D eigenvalue weighted by Crippen LogP contribution is -2.41. The molecule has 1 aliphatic heterocycles. The Bertz CT molecular complexity index is 544. The van der Waals surface area contributed by atoms with Gasteiger partial charge in [0.2, 0.25) is 5.91 Å². The average Bonchev–Trinajstić information content (AvgIpc) is 3.23. The molecule has 1 aromatic heterocycles. The first-order valence-electron chi connectivity index (χ1n) is 8.59. The van der Waals surface area contributed by atoms with Gasteiger partial charge in [-0.25, -0.2) is 4.98 Å². The lowest BCUT2D eigenvalue weighted by molar-refractivity contribution is -0.128. The van der Waals surface area contributed by atoms with Crippen molar-refractivity contribution in [1.29, 1.82) is 0 Å². The SMILES string of the molecule is COCCNC(=O)[C@@H]1CCC[C@]12CCN(Cc1cncn1C)C2. The lowest BCUT2D eigenvalue weighted by atomic mass is 9.76.